The zero-order chi connectivity index (χ0) is 13.8. The molecule has 0 bridgehead atoms. The second-order valence-electron chi connectivity index (χ2n) is 4.49. The van der Waals surface area contributed by atoms with Gasteiger partial charge in [-0.3, -0.25) is 4.98 Å². The fraction of sp³-hybridized carbons (Fsp3) is 0.286. The molecule has 2 rings (SSSR count). The first-order valence-corrected chi connectivity index (χ1v) is 6.87. The molecule has 5 heteroatoms. The first kappa shape index (κ1) is 13.5. The number of carboxylic acid groups (broad SMARTS) is 1. The normalized spacial score (nSPS) is 12.1. The summed E-state index contributed by atoms with van der Waals surface area (Å²) >= 11 is 1.77. The molecular formula is C14H16N2O2S. The first-order valence-electron chi connectivity index (χ1n) is 6.05. The molecule has 1 unspecified atom stereocenters. The summed E-state index contributed by atoms with van der Waals surface area (Å²) in [5.41, 5.74) is 0.819. The first-order chi connectivity index (χ1) is 9.06. The summed E-state index contributed by atoms with van der Waals surface area (Å²) < 4.78 is 0. The topological polar surface area (TPSA) is 62.2 Å². The lowest BCUT2D eigenvalue weighted by Gasteiger charge is -2.15. The van der Waals surface area contributed by atoms with Crippen LogP contribution in [0.25, 0.3) is 0 Å². The molecule has 2 heterocycles. The van der Waals surface area contributed by atoms with Crippen molar-refractivity contribution in [1.29, 1.82) is 0 Å². The Kier molecular flexibility index (Phi) is 4.16. The van der Waals surface area contributed by atoms with Crippen LogP contribution in [0.5, 0.6) is 0 Å². The molecule has 0 aromatic carbocycles. The SMILES string of the molecule is Cc1ccc(CC(C)Nc2ccncc2C(=O)O)s1. The van der Waals surface area contributed by atoms with E-state index in [1.54, 1.807) is 23.6 Å². The summed E-state index contributed by atoms with van der Waals surface area (Å²) in [5.74, 6) is -0.963. The molecule has 0 aliphatic rings. The Balaban J connectivity index is 2.06. The zero-order valence-electron chi connectivity index (χ0n) is 10.9. The monoisotopic (exact) mass is 276 g/mol. The van der Waals surface area contributed by atoms with Gasteiger partial charge in [0.15, 0.2) is 0 Å². The zero-order valence-corrected chi connectivity index (χ0v) is 11.7. The lowest BCUT2D eigenvalue weighted by Crippen LogP contribution is -2.19. The molecule has 2 N–H and O–H groups in total. The van der Waals surface area contributed by atoms with Crippen LogP contribution in [0.2, 0.25) is 0 Å². The lowest BCUT2D eigenvalue weighted by molar-refractivity contribution is 0.0697. The molecule has 100 valence electrons. The van der Waals surface area contributed by atoms with Crippen molar-refractivity contribution in [3.8, 4) is 0 Å². The van der Waals surface area contributed by atoms with Crippen LogP contribution in [0.4, 0.5) is 5.69 Å². The van der Waals surface area contributed by atoms with E-state index in [9.17, 15) is 4.79 Å². The Bertz CT molecular complexity index is 580. The smallest absolute Gasteiger partial charge is 0.339 e. The Labute approximate surface area is 116 Å². The maximum absolute atomic E-state index is 11.1. The van der Waals surface area contributed by atoms with Crippen molar-refractivity contribution in [2.24, 2.45) is 0 Å². The fourth-order valence-electron chi connectivity index (χ4n) is 1.90. The quantitative estimate of drug-likeness (QED) is 0.880. The maximum atomic E-state index is 11.1. The fourth-order valence-corrected chi connectivity index (χ4v) is 2.92. The van der Waals surface area contributed by atoms with Gasteiger partial charge in [-0.2, -0.15) is 0 Å². The van der Waals surface area contributed by atoms with Gasteiger partial charge in [0.2, 0.25) is 0 Å². The third-order valence-electron chi connectivity index (χ3n) is 2.76. The number of hydrogen-bond donors (Lipinski definition) is 2. The molecule has 1 atom stereocenters. The van der Waals surface area contributed by atoms with Crippen LogP contribution in [-0.2, 0) is 6.42 Å². The number of nitrogens with zero attached hydrogens (tertiary/aromatic N) is 1. The number of hydrogen-bond acceptors (Lipinski definition) is 4. The second-order valence-corrected chi connectivity index (χ2v) is 5.86. The molecule has 2 aromatic rings. The van der Waals surface area contributed by atoms with Crippen molar-refractivity contribution in [2.75, 3.05) is 5.32 Å². The molecule has 0 aliphatic carbocycles. The van der Waals surface area contributed by atoms with E-state index in [1.165, 1.54) is 16.0 Å². The van der Waals surface area contributed by atoms with Crippen molar-refractivity contribution >= 4 is 23.0 Å². The summed E-state index contributed by atoms with van der Waals surface area (Å²) in [6, 6.07) is 6.07. The molecule has 19 heavy (non-hydrogen) atoms. The van der Waals surface area contributed by atoms with Crippen LogP contribution in [0.1, 0.15) is 27.0 Å². The van der Waals surface area contributed by atoms with Gasteiger partial charge in [-0.1, -0.05) is 0 Å². The third kappa shape index (κ3) is 3.54. The van der Waals surface area contributed by atoms with Crippen molar-refractivity contribution in [1.82, 2.24) is 4.98 Å². The summed E-state index contributed by atoms with van der Waals surface area (Å²) in [6.07, 6.45) is 3.84. The molecule has 0 saturated carbocycles. The number of nitrogens with one attached hydrogen (secondary N) is 1. The number of aromatic nitrogens is 1. The second kappa shape index (κ2) is 5.84. The highest BCUT2D eigenvalue weighted by molar-refractivity contribution is 7.11. The van der Waals surface area contributed by atoms with Crippen molar-refractivity contribution in [3.05, 3.63) is 45.9 Å². The molecule has 4 nitrogen and oxygen atoms in total. The van der Waals surface area contributed by atoms with Crippen LogP contribution in [0.3, 0.4) is 0 Å². The summed E-state index contributed by atoms with van der Waals surface area (Å²) in [6.45, 7) is 4.12. The molecular weight excluding hydrogens is 260 g/mol. The van der Waals surface area contributed by atoms with Gasteiger partial charge in [-0.25, -0.2) is 4.79 Å². The molecule has 0 radical (unpaired) electrons. The van der Waals surface area contributed by atoms with Gasteiger partial charge in [-0.15, -0.1) is 11.3 Å². The van der Waals surface area contributed by atoms with Crippen LogP contribution in [0, 0.1) is 6.92 Å². The van der Waals surface area contributed by atoms with E-state index in [2.05, 4.69) is 29.4 Å². The average Bonchev–Trinajstić information content (AvgIpc) is 2.75. The standard InChI is InChI=1S/C14H16N2O2S/c1-9(7-11-4-3-10(2)19-11)16-13-5-6-15-8-12(13)14(17)18/h3-6,8-9H,7H2,1-2H3,(H,15,16)(H,17,18). The Morgan fingerprint density at radius 1 is 1.47 bits per heavy atom. The number of carbonyl (C=O) groups is 1. The molecule has 0 saturated heterocycles. The van der Waals surface area contributed by atoms with E-state index in [4.69, 9.17) is 5.11 Å². The molecule has 0 aliphatic heterocycles. The van der Waals surface area contributed by atoms with E-state index in [0.29, 0.717) is 5.69 Å². The highest BCUT2D eigenvalue weighted by Crippen LogP contribution is 2.20. The predicted octanol–water partition coefficient (Wildman–Crippen LogP) is 3.19. The summed E-state index contributed by atoms with van der Waals surface area (Å²) in [7, 11) is 0. The van der Waals surface area contributed by atoms with Gasteiger partial charge in [0.25, 0.3) is 0 Å². The van der Waals surface area contributed by atoms with Crippen LogP contribution in [-0.4, -0.2) is 22.1 Å². The third-order valence-corrected chi connectivity index (χ3v) is 3.78. The van der Waals surface area contributed by atoms with E-state index < -0.39 is 5.97 Å². The molecule has 2 aromatic heterocycles. The summed E-state index contributed by atoms with van der Waals surface area (Å²) in [5, 5.41) is 12.3. The minimum absolute atomic E-state index is 0.165. The highest BCUT2D eigenvalue weighted by atomic mass is 32.1. The summed E-state index contributed by atoms with van der Waals surface area (Å²) in [4.78, 5) is 17.5. The molecule has 0 fully saturated rings. The maximum Gasteiger partial charge on any atom is 0.339 e. The number of rotatable bonds is 5. The molecule has 0 spiro atoms. The van der Waals surface area contributed by atoms with Gasteiger partial charge in [-0.05, 0) is 32.0 Å². The van der Waals surface area contributed by atoms with Crippen molar-refractivity contribution in [3.63, 3.8) is 0 Å². The Morgan fingerprint density at radius 3 is 2.89 bits per heavy atom. The van der Waals surface area contributed by atoms with Gasteiger partial charge >= 0.3 is 5.97 Å². The predicted molar refractivity (Wildman–Crippen MR) is 77.0 cm³/mol. The largest absolute Gasteiger partial charge is 0.478 e. The van der Waals surface area contributed by atoms with E-state index >= 15 is 0 Å². The van der Waals surface area contributed by atoms with E-state index in [1.807, 2.05) is 6.92 Å². The Morgan fingerprint density at radius 2 is 2.26 bits per heavy atom. The number of pyridine rings is 1. The van der Waals surface area contributed by atoms with Gasteiger partial charge in [0.05, 0.1) is 5.69 Å². The molecule has 0 amide bonds. The lowest BCUT2D eigenvalue weighted by atomic mass is 10.1. The number of carboxylic acids is 1. The number of thiophene rings is 1. The van der Waals surface area contributed by atoms with Crippen LogP contribution >= 0.6 is 11.3 Å². The van der Waals surface area contributed by atoms with Gasteiger partial charge in [0, 0.05) is 34.6 Å². The highest BCUT2D eigenvalue weighted by Gasteiger charge is 2.12. The van der Waals surface area contributed by atoms with E-state index in [-0.39, 0.29) is 11.6 Å². The Hall–Kier alpha value is -1.88. The van der Waals surface area contributed by atoms with Crippen molar-refractivity contribution < 1.29 is 9.90 Å². The number of anilines is 1. The van der Waals surface area contributed by atoms with Gasteiger partial charge in [0.1, 0.15) is 5.56 Å². The van der Waals surface area contributed by atoms with Crippen LogP contribution < -0.4 is 5.32 Å². The number of aromatic carboxylic acids is 1. The minimum Gasteiger partial charge on any atom is -0.478 e. The van der Waals surface area contributed by atoms with Gasteiger partial charge < -0.3 is 10.4 Å². The van der Waals surface area contributed by atoms with Crippen LogP contribution in [0.15, 0.2) is 30.6 Å². The van der Waals surface area contributed by atoms with E-state index in [0.717, 1.165) is 6.42 Å². The number of aryl methyl sites for hydroxylation is 1. The van der Waals surface area contributed by atoms with Crippen molar-refractivity contribution in [2.45, 2.75) is 26.3 Å². The average molecular weight is 276 g/mol. The minimum atomic E-state index is -0.963.